The van der Waals surface area contributed by atoms with Gasteiger partial charge in [0.1, 0.15) is 0 Å². The lowest BCUT2D eigenvalue weighted by Gasteiger charge is -2.14. The lowest BCUT2D eigenvalue weighted by Crippen LogP contribution is -2.40. The van der Waals surface area contributed by atoms with Crippen LogP contribution in [0.5, 0.6) is 0 Å². The smallest absolute Gasteiger partial charge is 0.219 e. The zero-order valence-corrected chi connectivity index (χ0v) is 6.55. The molecule has 1 saturated carbocycles. The van der Waals surface area contributed by atoms with Crippen molar-refractivity contribution in [2.75, 3.05) is 6.61 Å². The van der Waals surface area contributed by atoms with E-state index in [0.717, 1.165) is 12.8 Å². The molecule has 0 amide bonds. The highest BCUT2D eigenvalue weighted by atomic mass is 16.3. The average Bonchev–Trinajstić information content (AvgIpc) is 2.52. The number of nitrogens with one attached hydrogen (secondary N) is 1. The minimum Gasteiger partial charge on any atom is -0.394 e. The molecule has 11 heavy (non-hydrogen) atoms. The van der Waals surface area contributed by atoms with Gasteiger partial charge in [0.05, 0.1) is 12.6 Å². The molecule has 0 aromatic heterocycles. The molecule has 3 nitrogen and oxygen atoms in total. The number of rotatable bonds is 4. The zero-order chi connectivity index (χ0) is 8.10. The maximum atomic E-state index is 10.2. The summed E-state index contributed by atoms with van der Waals surface area (Å²) in [6.45, 7) is -0.139. The van der Waals surface area contributed by atoms with E-state index in [1.165, 1.54) is 12.8 Å². The maximum absolute atomic E-state index is 10.2. The van der Waals surface area contributed by atoms with Crippen LogP contribution in [0.3, 0.4) is 0 Å². The highest BCUT2D eigenvalue weighted by Crippen LogP contribution is 2.17. The Morgan fingerprint density at radius 3 is 2.64 bits per heavy atom. The lowest BCUT2D eigenvalue weighted by atomic mass is 10.2. The summed E-state index contributed by atoms with van der Waals surface area (Å²) in [5.74, 6) is 0. The predicted molar refractivity (Wildman–Crippen MR) is 42.0 cm³/mol. The highest BCUT2D eigenvalue weighted by Gasteiger charge is 2.18. The van der Waals surface area contributed by atoms with Gasteiger partial charge in [-0.05, 0) is 12.8 Å². The Labute approximate surface area is 66.8 Å². The molecule has 0 aromatic rings. The number of aliphatic hydroxyl groups excluding tert-OH is 1. The summed E-state index contributed by atoms with van der Waals surface area (Å²) in [4.78, 5) is 10.2. The molecule has 0 saturated heterocycles. The van der Waals surface area contributed by atoms with Gasteiger partial charge in [-0.15, -0.1) is 0 Å². The molecule has 0 aromatic carbocycles. The van der Waals surface area contributed by atoms with Crippen LogP contribution in [0.1, 0.15) is 25.7 Å². The van der Waals surface area contributed by atoms with Gasteiger partial charge < -0.3 is 10.4 Å². The third-order valence-electron chi connectivity index (χ3n) is 2.12. The highest BCUT2D eigenvalue weighted by molar-refractivity contribution is 5.58. The summed E-state index contributed by atoms with van der Waals surface area (Å²) >= 11 is 0. The van der Waals surface area contributed by atoms with Crippen molar-refractivity contribution in [2.24, 2.45) is 0 Å². The van der Waals surface area contributed by atoms with Gasteiger partial charge in [-0.25, -0.2) is 0 Å². The summed E-state index contributed by atoms with van der Waals surface area (Å²) in [6.07, 6.45) is 6.48. The minimum absolute atomic E-state index is 0.139. The Morgan fingerprint density at radius 2 is 2.18 bits per heavy atom. The van der Waals surface area contributed by atoms with Crippen LogP contribution >= 0.6 is 0 Å². The SMILES string of the molecule is O=[C]C(CO)NC1CCCC1. The molecule has 1 radical (unpaired) electrons. The molecule has 2 N–H and O–H groups in total. The molecule has 63 valence electrons. The molecule has 0 bridgehead atoms. The number of hydrogen-bond acceptors (Lipinski definition) is 3. The minimum atomic E-state index is -0.474. The fourth-order valence-corrected chi connectivity index (χ4v) is 1.50. The molecular weight excluding hydrogens is 142 g/mol. The van der Waals surface area contributed by atoms with Crippen molar-refractivity contribution in [1.29, 1.82) is 0 Å². The number of aliphatic hydroxyl groups is 1. The van der Waals surface area contributed by atoms with E-state index in [9.17, 15) is 4.79 Å². The van der Waals surface area contributed by atoms with Crippen LogP contribution in [0, 0.1) is 0 Å². The normalized spacial score (nSPS) is 21.9. The molecule has 3 heteroatoms. The third kappa shape index (κ3) is 2.60. The Morgan fingerprint density at radius 1 is 1.55 bits per heavy atom. The van der Waals surface area contributed by atoms with Crippen LogP contribution in [0.15, 0.2) is 0 Å². The van der Waals surface area contributed by atoms with Crippen molar-refractivity contribution in [1.82, 2.24) is 5.32 Å². The van der Waals surface area contributed by atoms with Crippen LogP contribution in [-0.4, -0.2) is 30.1 Å². The standard InChI is InChI=1S/C8H14NO2/c10-5-8(6-11)9-7-3-1-2-4-7/h7-10H,1-5H2. The second kappa shape index (κ2) is 4.46. The Bertz CT molecular complexity index is 121. The Hall–Kier alpha value is -0.410. The van der Waals surface area contributed by atoms with E-state index in [0.29, 0.717) is 6.04 Å². The van der Waals surface area contributed by atoms with Crippen molar-refractivity contribution >= 4 is 6.29 Å². The zero-order valence-electron chi connectivity index (χ0n) is 6.55. The van der Waals surface area contributed by atoms with Gasteiger partial charge in [-0.2, -0.15) is 0 Å². The third-order valence-corrected chi connectivity index (χ3v) is 2.12. The first-order valence-electron chi connectivity index (χ1n) is 4.11. The van der Waals surface area contributed by atoms with Gasteiger partial charge in [0.15, 0.2) is 0 Å². The van der Waals surface area contributed by atoms with Crippen molar-refractivity contribution in [3.05, 3.63) is 0 Å². The molecule has 1 unspecified atom stereocenters. The molecule has 1 fully saturated rings. The maximum Gasteiger partial charge on any atom is 0.219 e. The average molecular weight is 156 g/mol. The van der Waals surface area contributed by atoms with Crippen LogP contribution in [0.4, 0.5) is 0 Å². The molecule has 0 aliphatic heterocycles. The molecule has 1 rings (SSSR count). The van der Waals surface area contributed by atoms with E-state index in [1.807, 2.05) is 0 Å². The van der Waals surface area contributed by atoms with E-state index in [2.05, 4.69) is 5.32 Å². The molecule has 1 atom stereocenters. The van der Waals surface area contributed by atoms with Crippen molar-refractivity contribution in [3.8, 4) is 0 Å². The van der Waals surface area contributed by atoms with E-state index in [1.54, 1.807) is 6.29 Å². The molecule has 0 heterocycles. The molecular formula is C8H14NO2. The largest absolute Gasteiger partial charge is 0.394 e. The number of carbonyl (C=O) groups excluding carboxylic acids is 1. The molecule has 1 aliphatic carbocycles. The van der Waals surface area contributed by atoms with Gasteiger partial charge >= 0.3 is 0 Å². The summed E-state index contributed by atoms with van der Waals surface area (Å²) in [5, 5.41) is 11.7. The van der Waals surface area contributed by atoms with Crippen molar-refractivity contribution in [2.45, 2.75) is 37.8 Å². The Kier molecular flexibility index (Phi) is 3.52. The van der Waals surface area contributed by atoms with Gasteiger partial charge in [0, 0.05) is 6.04 Å². The van der Waals surface area contributed by atoms with Gasteiger partial charge in [-0.1, -0.05) is 12.8 Å². The summed E-state index contributed by atoms with van der Waals surface area (Å²) < 4.78 is 0. The molecule has 1 aliphatic rings. The van der Waals surface area contributed by atoms with Gasteiger partial charge in [0.2, 0.25) is 6.29 Å². The summed E-state index contributed by atoms with van der Waals surface area (Å²) in [7, 11) is 0. The lowest BCUT2D eigenvalue weighted by molar-refractivity contribution is 0.259. The Balaban J connectivity index is 2.21. The van der Waals surface area contributed by atoms with Crippen LogP contribution in [0.25, 0.3) is 0 Å². The van der Waals surface area contributed by atoms with Gasteiger partial charge in [-0.3, -0.25) is 4.79 Å². The monoisotopic (exact) mass is 156 g/mol. The van der Waals surface area contributed by atoms with E-state index >= 15 is 0 Å². The van der Waals surface area contributed by atoms with E-state index in [4.69, 9.17) is 5.11 Å². The second-order valence-corrected chi connectivity index (χ2v) is 3.00. The summed E-state index contributed by atoms with van der Waals surface area (Å²) in [6, 6.07) is -0.0494. The van der Waals surface area contributed by atoms with Gasteiger partial charge in [0.25, 0.3) is 0 Å². The first-order chi connectivity index (χ1) is 5.36. The first kappa shape index (κ1) is 8.68. The van der Waals surface area contributed by atoms with E-state index < -0.39 is 6.04 Å². The van der Waals surface area contributed by atoms with Crippen molar-refractivity contribution < 1.29 is 9.90 Å². The fourth-order valence-electron chi connectivity index (χ4n) is 1.50. The first-order valence-corrected chi connectivity index (χ1v) is 4.11. The van der Waals surface area contributed by atoms with Crippen LogP contribution in [-0.2, 0) is 4.79 Å². The number of hydrogen-bond donors (Lipinski definition) is 2. The summed E-state index contributed by atoms with van der Waals surface area (Å²) in [5.41, 5.74) is 0. The van der Waals surface area contributed by atoms with E-state index in [-0.39, 0.29) is 6.61 Å². The van der Waals surface area contributed by atoms with Crippen LogP contribution < -0.4 is 5.32 Å². The fraction of sp³-hybridized carbons (Fsp3) is 0.875. The van der Waals surface area contributed by atoms with Crippen LogP contribution in [0.2, 0.25) is 0 Å². The second-order valence-electron chi connectivity index (χ2n) is 3.00. The van der Waals surface area contributed by atoms with Crippen molar-refractivity contribution in [3.63, 3.8) is 0 Å². The topological polar surface area (TPSA) is 49.3 Å². The quantitative estimate of drug-likeness (QED) is 0.602. The molecule has 0 spiro atoms. The predicted octanol–water partition coefficient (Wildman–Crippen LogP) is -0.0108.